The van der Waals surface area contributed by atoms with Gasteiger partial charge in [0.2, 0.25) is 0 Å². The molecular weight excluding hydrogens is 463 g/mol. The van der Waals surface area contributed by atoms with E-state index < -0.39 is 6.04 Å². The van der Waals surface area contributed by atoms with E-state index in [1.807, 2.05) is 48.5 Å². The Balaban J connectivity index is 1.67. The first-order chi connectivity index (χ1) is 12.6. The predicted octanol–water partition coefficient (Wildman–Crippen LogP) is 4.68. The number of benzene rings is 2. The SMILES string of the molecule is O=C[C@H](C/C=C1\CCN(c2ccccc2)C1=O)Nc1cc(Cl)ccc1I. The second-order valence-corrected chi connectivity index (χ2v) is 7.62. The van der Waals surface area contributed by atoms with Crippen molar-refractivity contribution in [3.05, 3.63) is 68.8 Å². The van der Waals surface area contributed by atoms with Gasteiger partial charge in [-0.25, -0.2) is 0 Å². The van der Waals surface area contributed by atoms with E-state index in [-0.39, 0.29) is 5.91 Å². The van der Waals surface area contributed by atoms with Gasteiger partial charge < -0.3 is 15.0 Å². The third kappa shape index (κ3) is 4.45. The number of carbonyl (C=O) groups excluding carboxylic acids is 2. The van der Waals surface area contributed by atoms with Crippen LogP contribution >= 0.6 is 34.2 Å². The number of rotatable bonds is 6. The topological polar surface area (TPSA) is 49.4 Å². The van der Waals surface area contributed by atoms with Gasteiger partial charge in [0.15, 0.2) is 0 Å². The van der Waals surface area contributed by atoms with Crippen LogP contribution in [0.15, 0.2) is 60.2 Å². The van der Waals surface area contributed by atoms with Gasteiger partial charge in [0.1, 0.15) is 6.29 Å². The summed E-state index contributed by atoms with van der Waals surface area (Å²) in [5.41, 5.74) is 2.47. The molecule has 0 aromatic heterocycles. The van der Waals surface area contributed by atoms with Crippen molar-refractivity contribution in [1.29, 1.82) is 0 Å². The van der Waals surface area contributed by atoms with Crippen LogP contribution in [0.25, 0.3) is 0 Å². The Hall–Kier alpha value is -1.86. The van der Waals surface area contributed by atoms with Gasteiger partial charge in [-0.2, -0.15) is 0 Å². The van der Waals surface area contributed by atoms with Crippen molar-refractivity contribution in [3.63, 3.8) is 0 Å². The molecule has 26 heavy (non-hydrogen) atoms. The molecule has 1 fully saturated rings. The van der Waals surface area contributed by atoms with Crippen LogP contribution in [-0.2, 0) is 9.59 Å². The summed E-state index contributed by atoms with van der Waals surface area (Å²) >= 11 is 8.22. The van der Waals surface area contributed by atoms with Crippen LogP contribution in [0.4, 0.5) is 11.4 Å². The van der Waals surface area contributed by atoms with E-state index >= 15 is 0 Å². The fourth-order valence-corrected chi connectivity index (χ4v) is 3.55. The Labute approximate surface area is 171 Å². The highest BCUT2D eigenvalue weighted by Gasteiger charge is 2.26. The van der Waals surface area contributed by atoms with E-state index in [4.69, 9.17) is 11.6 Å². The van der Waals surface area contributed by atoms with Crippen molar-refractivity contribution in [2.45, 2.75) is 18.9 Å². The normalized spacial score (nSPS) is 16.8. The number of anilines is 2. The smallest absolute Gasteiger partial charge is 0.253 e. The Kier molecular flexibility index (Phi) is 6.32. The molecule has 1 heterocycles. The van der Waals surface area contributed by atoms with Gasteiger partial charge in [-0.1, -0.05) is 35.9 Å². The zero-order chi connectivity index (χ0) is 18.5. The van der Waals surface area contributed by atoms with E-state index in [1.165, 1.54) is 0 Å². The van der Waals surface area contributed by atoms with Gasteiger partial charge in [-0.3, -0.25) is 4.79 Å². The highest BCUT2D eigenvalue weighted by molar-refractivity contribution is 14.1. The van der Waals surface area contributed by atoms with Crippen LogP contribution in [-0.4, -0.2) is 24.8 Å². The van der Waals surface area contributed by atoms with E-state index in [1.54, 1.807) is 11.0 Å². The van der Waals surface area contributed by atoms with Crippen molar-refractivity contribution >= 4 is 57.8 Å². The van der Waals surface area contributed by atoms with Crippen LogP contribution in [0.1, 0.15) is 12.8 Å². The quantitative estimate of drug-likeness (QED) is 0.371. The number of carbonyl (C=O) groups is 2. The van der Waals surface area contributed by atoms with Gasteiger partial charge in [-0.05, 0) is 65.8 Å². The molecule has 0 saturated carbocycles. The lowest BCUT2D eigenvalue weighted by atomic mass is 10.1. The largest absolute Gasteiger partial charge is 0.374 e. The summed E-state index contributed by atoms with van der Waals surface area (Å²) in [4.78, 5) is 25.8. The number of hydrogen-bond acceptors (Lipinski definition) is 3. The molecule has 1 atom stereocenters. The summed E-state index contributed by atoms with van der Waals surface area (Å²) in [5.74, 6) is 0.0122. The van der Waals surface area contributed by atoms with Crippen LogP contribution in [0.3, 0.4) is 0 Å². The number of halogens is 2. The number of amides is 1. The van der Waals surface area contributed by atoms with Crippen LogP contribution in [0.5, 0.6) is 0 Å². The standard InChI is InChI=1S/C20H18ClIN2O2/c21-15-7-9-18(22)19(12-15)23-16(13-25)8-6-14-10-11-24(20(14)26)17-4-2-1-3-5-17/h1-7,9,12-13,16,23H,8,10-11H2/b14-6+/t16-/m0/s1. The second-order valence-electron chi connectivity index (χ2n) is 6.02. The lowest BCUT2D eigenvalue weighted by Crippen LogP contribution is -2.24. The highest BCUT2D eigenvalue weighted by Crippen LogP contribution is 2.26. The second kappa shape index (κ2) is 8.68. The van der Waals surface area contributed by atoms with Gasteiger partial charge in [0, 0.05) is 32.1 Å². The summed E-state index contributed by atoms with van der Waals surface area (Å²) in [7, 11) is 0. The van der Waals surface area contributed by atoms with Crippen molar-refractivity contribution < 1.29 is 9.59 Å². The summed E-state index contributed by atoms with van der Waals surface area (Å²) in [5, 5.41) is 3.80. The predicted molar refractivity (Wildman–Crippen MR) is 114 cm³/mol. The van der Waals surface area contributed by atoms with Crippen LogP contribution < -0.4 is 10.2 Å². The molecule has 1 N–H and O–H groups in total. The molecule has 2 aromatic rings. The maximum absolute atomic E-state index is 12.6. The molecule has 0 spiro atoms. The first-order valence-corrected chi connectivity index (χ1v) is 9.77. The minimum atomic E-state index is -0.409. The average molecular weight is 481 g/mol. The van der Waals surface area contributed by atoms with E-state index in [0.29, 0.717) is 24.4 Å². The molecule has 0 unspecified atom stereocenters. The molecule has 6 heteroatoms. The Morgan fingerprint density at radius 1 is 1.23 bits per heavy atom. The molecule has 0 aliphatic carbocycles. The lowest BCUT2D eigenvalue weighted by Gasteiger charge is -2.15. The maximum atomic E-state index is 12.6. The maximum Gasteiger partial charge on any atom is 0.253 e. The van der Waals surface area contributed by atoms with E-state index in [0.717, 1.165) is 26.8 Å². The van der Waals surface area contributed by atoms with Gasteiger partial charge in [-0.15, -0.1) is 0 Å². The first-order valence-electron chi connectivity index (χ1n) is 8.31. The summed E-state index contributed by atoms with van der Waals surface area (Å²) in [6, 6.07) is 14.7. The molecule has 1 amide bonds. The molecule has 2 aromatic carbocycles. The number of aldehydes is 1. The minimum absolute atomic E-state index is 0.0122. The Bertz CT molecular complexity index is 839. The Morgan fingerprint density at radius 2 is 2.00 bits per heavy atom. The number of hydrogen-bond donors (Lipinski definition) is 1. The zero-order valence-corrected chi connectivity index (χ0v) is 16.9. The molecular formula is C20H18ClIN2O2. The third-order valence-corrected chi connectivity index (χ3v) is 5.42. The molecule has 3 rings (SSSR count). The number of para-hydroxylation sites is 1. The monoisotopic (exact) mass is 480 g/mol. The van der Waals surface area contributed by atoms with Crippen LogP contribution in [0.2, 0.25) is 5.02 Å². The molecule has 1 saturated heterocycles. The molecule has 0 radical (unpaired) electrons. The van der Waals surface area contributed by atoms with Crippen molar-refractivity contribution in [1.82, 2.24) is 0 Å². The summed E-state index contributed by atoms with van der Waals surface area (Å²) < 4.78 is 0.985. The van der Waals surface area contributed by atoms with Gasteiger partial charge in [0.05, 0.1) is 6.04 Å². The van der Waals surface area contributed by atoms with Crippen molar-refractivity contribution in [2.75, 3.05) is 16.8 Å². The van der Waals surface area contributed by atoms with E-state index in [9.17, 15) is 9.59 Å². The van der Waals surface area contributed by atoms with Crippen molar-refractivity contribution in [2.24, 2.45) is 0 Å². The highest BCUT2D eigenvalue weighted by atomic mass is 127. The molecule has 1 aliphatic rings. The first kappa shape index (κ1) is 18.9. The molecule has 0 bridgehead atoms. The Morgan fingerprint density at radius 3 is 2.73 bits per heavy atom. The fraction of sp³-hybridized carbons (Fsp3) is 0.200. The van der Waals surface area contributed by atoms with Gasteiger partial charge in [0.25, 0.3) is 5.91 Å². The fourth-order valence-electron chi connectivity index (χ4n) is 2.88. The lowest BCUT2D eigenvalue weighted by molar-refractivity contribution is -0.114. The summed E-state index contributed by atoms with van der Waals surface area (Å²) in [6.45, 7) is 0.667. The summed E-state index contributed by atoms with van der Waals surface area (Å²) in [6.07, 6.45) is 3.88. The minimum Gasteiger partial charge on any atom is -0.374 e. The molecule has 4 nitrogen and oxygen atoms in total. The average Bonchev–Trinajstić information content (AvgIpc) is 3.02. The third-order valence-electron chi connectivity index (χ3n) is 4.24. The van der Waals surface area contributed by atoms with Crippen LogP contribution in [0, 0.1) is 3.57 Å². The number of nitrogens with one attached hydrogen (secondary N) is 1. The molecule has 134 valence electrons. The zero-order valence-electron chi connectivity index (χ0n) is 14.0. The van der Waals surface area contributed by atoms with Crippen molar-refractivity contribution in [3.8, 4) is 0 Å². The van der Waals surface area contributed by atoms with E-state index in [2.05, 4.69) is 27.9 Å². The number of nitrogens with zero attached hydrogens (tertiary/aromatic N) is 1. The molecule has 1 aliphatic heterocycles. The van der Waals surface area contributed by atoms with Gasteiger partial charge >= 0.3 is 0 Å².